The molecule has 4 rings (SSSR count). The number of fused-ring (bicyclic) bond motifs is 1. The van der Waals surface area contributed by atoms with Gasteiger partial charge < -0.3 is 10.6 Å². The van der Waals surface area contributed by atoms with E-state index in [2.05, 4.69) is 25.9 Å². The lowest BCUT2D eigenvalue weighted by atomic mass is 9.96. The van der Waals surface area contributed by atoms with Gasteiger partial charge in [0.15, 0.2) is 20.1 Å². The van der Waals surface area contributed by atoms with Gasteiger partial charge in [-0.15, -0.1) is 11.3 Å². The van der Waals surface area contributed by atoms with Crippen molar-refractivity contribution in [2.45, 2.75) is 49.5 Å². The molecule has 32 heavy (non-hydrogen) atoms. The molecule has 1 fully saturated rings. The maximum Gasteiger partial charge on any atom is 0.321 e. The van der Waals surface area contributed by atoms with E-state index in [0.29, 0.717) is 26.2 Å². The zero-order chi connectivity index (χ0) is 22.7. The van der Waals surface area contributed by atoms with Gasteiger partial charge in [-0.1, -0.05) is 30.6 Å². The number of urea groups is 1. The molecular formula is C20H23N5O4S3. The van der Waals surface area contributed by atoms with Gasteiger partial charge in [0.05, 0.1) is 27.2 Å². The number of anilines is 2. The molecule has 1 saturated carbocycles. The molecule has 2 heterocycles. The van der Waals surface area contributed by atoms with Crippen LogP contribution in [-0.4, -0.2) is 42.6 Å². The van der Waals surface area contributed by atoms with Gasteiger partial charge in [0.2, 0.25) is 5.91 Å². The van der Waals surface area contributed by atoms with Crippen molar-refractivity contribution in [1.29, 1.82) is 0 Å². The summed E-state index contributed by atoms with van der Waals surface area (Å²) in [5.41, 5.74) is 1.16. The van der Waals surface area contributed by atoms with Crippen LogP contribution < -0.4 is 16.0 Å². The second-order valence-corrected chi connectivity index (χ2v) is 11.6. The fraction of sp³-hybridized carbons (Fsp3) is 0.400. The SMILES string of the molecule is CS(=O)(=O)c1ccc2nc(NC(=O)Cc3csc(NC(=O)NC4CCCCC4)n3)sc2c1. The summed E-state index contributed by atoms with van der Waals surface area (Å²) in [6.07, 6.45) is 6.66. The van der Waals surface area contributed by atoms with Crippen LogP contribution >= 0.6 is 22.7 Å². The summed E-state index contributed by atoms with van der Waals surface area (Å²) in [4.78, 5) is 33.4. The molecule has 170 valence electrons. The molecule has 2 aromatic heterocycles. The van der Waals surface area contributed by atoms with Gasteiger partial charge in [-0.05, 0) is 31.0 Å². The van der Waals surface area contributed by atoms with E-state index >= 15 is 0 Å². The molecule has 0 spiro atoms. The third-order valence-corrected chi connectivity index (χ3v) is 7.94. The van der Waals surface area contributed by atoms with Crippen molar-refractivity contribution in [3.8, 4) is 0 Å². The van der Waals surface area contributed by atoms with E-state index in [1.54, 1.807) is 17.5 Å². The van der Waals surface area contributed by atoms with Crippen molar-refractivity contribution >= 4 is 64.9 Å². The van der Waals surface area contributed by atoms with Gasteiger partial charge in [-0.2, -0.15) is 0 Å². The summed E-state index contributed by atoms with van der Waals surface area (Å²) in [6.45, 7) is 0. The molecule has 12 heteroatoms. The van der Waals surface area contributed by atoms with E-state index in [9.17, 15) is 18.0 Å². The number of nitrogens with zero attached hydrogens (tertiary/aromatic N) is 2. The number of benzene rings is 1. The number of thiazole rings is 2. The molecule has 1 aliphatic rings. The predicted octanol–water partition coefficient (Wildman–Crippen LogP) is 3.79. The van der Waals surface area contributed by atoms with Gasteiger partial charge in [-0.25, -0.2) is 23.2 Å². The number of carbonyl (C=O) groups excluding carboxylic acids is 2. The van der Waals surface area contributed by atoms with Crippen LogP contribution in [0.2, 0.25) is 0 Å². The Morgan fingerprint density at radius 2 is 1.88 bits per heavy atom. The first-order valence-corrected chi connectivity index (χ1v) is 13.8. The first kappa shape index (κ1) is 22.6. The number of rotatable bonds is 6. The van der Waals surface area contributed by atoms with Crippen LogP contribution in [0.4, 0.5) is 15.1 Å². The number of hydrogen-bond acceptors (Lipinski definition) is 8. The van der Waals surface area contributed by atoms with E-state index < -0.39 is 9.84 Å². The highest BCUT2D eigenvalue weighted by molar-refractivity contribution is 7.90. The summed E-state index contributed by atoms with van der Waals surface area (Å²) < 4.78 is 24.1. The summed E-state index contributed by atoms with van der Waals surface area (Å²) in [5.74, 6) is -0.295. The highest BCUT2D eigenvalue weighted by atomic mass is 32.2. The minimum absolute atomic E-state index is 0.0347. The predicted molar refractivity (Wildman–Crippen MR) is 126 cm³/mol. The first-order valence-electron chi connectivity index (χ1n) is 10.2. The molecular weight excluding hydrogens is 470 g/mol. The van der Waals surface area contributed by atoms with E-state index in [1.165, 1.54) is 35.2 Å². The highest BCUT2D eigenvalue weighted by Crippen LogP contribution is 2.28. The van der Waals surface area contributed by atoms with Crippen LogP contribution in [0.5, 0.6) is 0 Å². The molecule has 9 nitrogen and oxygen atoms in total. The van der Waals surface area contributed by atoms with Crippen molar-refractivity contribution in [2.75, 3.05) is 16.9 Å². The zero-order valence-corrected chi connectivity index (χ0v) is 19.8. The lowest BCUT2D eigenvalue weighted by Gasteiger charge is -2.22. The number of nitrogens with one attached hydrogen (secondary N) is 3. The molecule has 3 amide bonds. The Morgan fingerprint density at radius 3 is 2.62 bits per heavy atom. The van der Waals surface area contributed by atoms with E-state index in [4.69, 9.17) is 0 Å². The highest BCUT2D eigenvalue weighted by Gasteiger charge is 2.17. The summed E-state index contributed by atoms with van der Waals surface area (Å²) >= 11 is 2.47. The van der Waals surface area contributed by atoms with E-state index in [1.807, 2.05) is 0 Å². The number of carbonyl (C=O) groups is 2. The van der Waals surface area contributed by atoms with Crippen LogP contribution in [0.3, 0.4) is 0 Å². The number of aromatic nitrogens is 2. The monoisotopic (exact) mass is 493 g/mol. The summed E-state index contributed by atoms with van der Waals surface area (Å²) in [7, 11) is -3.31. The van der Waals surface area contributed by atoms with E-state index in [0.717, 1.165) is 31.9 Å². The Hall–Kier alpha value is -2.57. The standard InChI is InChI=1S/C20H23N5O4S3/c1-32(28,29)14-7-8-15-16(10-14)31-20(23-15)24-17(26)9-13-11-30-19(22-13)25-18(27)21-12-5-3-2-4-6-12/h7-8,10-12H,2-6,9H2,1H3,(H,23,24,26)(H2,21,22,25,27). The number of amides is 3. The minimum atomic E-state index is -3.31. The van der Waals surface area contributed by atoms with Crippen LogP contribution in [0.15, 0.2) is 28.5 Å². The Morgan fingerprint density at radius 1 is 1.09 bits per heavy atom. The van der Waals surface area contributed by atoms with Crippen LogP contribution in [-0.2, 0) is 21.1 Å². The van der Waals surface area contributed by atoms with Gasteiger partial charge in [-0.3, -0.25) is 10.1 Å². The smallest absolute Gasteiger partial charge is 0.321 e. The lowest BCUT2D eigenvalue weighted by Crippen LogP contribution is -2.39. The largest absolute Gasteiger partial charge is 0.335 e. The first-order chi connectivity index (χ1) is 15.3. The fourth-order valence-electron chi connectivity index (χ4n) is 3.53. The Labute approximate surface area is 193 Å². The van der Waals surface area contributed by atoms with Crippen molar-refractivity contribution in [1.82, 2.24) is 15.3 Å². The zero-order valence-electron chi connectivity index (χ0n) is 17.4. The molecule has 1 aromatic carbocycles. The van der Waals surface area contributed by atoms with Gasteiger partial charge >= 0.3 is 6.03 Å². The molecule has 3 aromatic rings. The topological polar surface area (TPSA) is 130 Å². The second-order valence-electron chi connectivity index (χ2n) is 7.72. The van der Waals surface area contributed by atoms with Crippen LogP contribution in [0.1, 0.15) is 37.8 Å². The quantitative estimate of drug-likeness (QED) is 0.479. The van der Waals surface area contributed by atoms with Gasteiger partial charge in [0.1, 0.15) is 0 Å². The Balaban J connectivity index is 1.32. The number of hydrogen-bond donors (Lipinski definition) is 3. The van der Waals surface area contributed by atoms with Crippen LogP contribution in [0, 0.1) is 0 Å². The minimum Gasteiger partial charge on any atom is -0.335 e. The molecule has 0 bridgehead atoms. The van der Waals surface area contributed by atoms with Crippen molar-refractivity contribution in [3.63, 3.8) is 0 Å². The summed E-state index contributed by atoms with van der Waals surface area (Å²) in [5, 5.41) is 11.0. The molecule has 1 aliphatic carbocycles. The van der Waals surface area contributed by atoms with Crippen molar-refractivity contribution < 1.29 is 18.0 Å². The van der Waals surface area contributed by atoms with Crippen LogP contribution in [0.25, 0.3) is 10.2 Å². The normalized spacial score (nSPS) is 14.9. The molecule has 3 N–H and O–H groups in total. The molecule has 0 radical (unpaired) electrons. The summed E-state index contributed by atoms with van der Waals surface area (Å²) in [6, 6.07) is 4.60. The maximum atomic E-state index is 12.4. The van der Waals surface area contributed by atoms with E-state index in [-0.39, 0.29) is 29.3 Å². The molecule has 0 aliphatic heterocycles. The molecule has 0 atom stereocenters. The Bertz CT molecular complexity index is 1250. The van der Waals surface area contributed by atoms with Crippen molar-refractivity contribution in [3.05, 3.63) is 29.3 Å². The van der Waals surface area contributed by atoms with Gasteiger partial charge in [0.25, 0.3) is 0 Å². The molecule has 0 saturated heterocycles. The third kappa shape index (κ3) is 5.81. The lowest BCUT2D eigenvalue weighted by molar-refractivity contribution is -0.115. The molecule has 0 unspecified atom stereocenters. The third-order valence-electron chi connectivity index (χ3n) is 5.09. The fourth-order valence-corrected chi connectivity index (χ4v) is 5.88. The number of sulfone groups is 1. The maximum absolute atomic E-state index is 12.4. The van der Waals surface area contributed by atoms with Gasteiger partial charge in [0, 0.05) is 17.7 Å². The average Bonchev–Trinajstić information content (AvgIpc) is 3.33. The van der Waals surface area contributed by atoms with Crippen molar-refractivity contribution in [2.24, 2.45) is 0 Å². The second kappa shape index (κ2) is 9.51. The Kier molecular flexibility index (Phi) is 6.72. The average molecular weight is 494 g/mol.